The van der Waals surface area contributed by atoms with Crippen LogP contribution in [0.3, 0.4) is 0 Å². The van der Waals surface area contributed by atoms with Crippen molar-refractivity contribution in [3.05, 3.63) is 54.1 Å². The number of benzene rings is 2. The van der Waals surface area contributed by atoms with Crippen LogP contribution < -0.4 is 19.7 Å². The van der Waals surface area contributed by atoms with Gasteiger partial charge >= 0.3 is 5.97 Å². The zero-order valence-corrected chi connectivity index (χ0v) is 20.8. The first kappa shape index (κ1) is 26.1. The van der Waals surface area contributed by atoms with Crippen molar-refractivity contribution < 1.29 is 28.6 Å². The molecular weight excluding hydrogens is 448 g/mol. The lowest BCUT2D eigenvalue weighted by molar-refractivity contribution is -0.154. The summed E-state index contributed by atoms with van der Waals surface area (Å²) in [5.41, 5.74) is 1.43. The Morgan fingerprint density at radius 2 is 1.54 bits per heavy atom. The molecule has 0 aromatic heterocycles. The molecule has 3 rings (SSSR count). The Morgan fingerprint density at radius 1 is 0.971 bits per heavy atom. The monoisotopic (exact) mass is 482 g/mol. The van der Waals surface area contributed by atoms with Gasteiger partial charge in [-0.05, 0) is 61.2 Å². The minimum absolute atomic E-state index is 0.0473. The number of hydrogen-bond acceptors (Lipinski definition) is 6. The molecule has 0 radical (unpaired) electrons. The lowest BCUT2D eigenvalue weighted by Crippen LogP contribution is -2.46. The summed E-state index contributed by atoms with van der Waals surface area (Å²) in [6, 6.07) is 13.9. The zero-order chi connectivity index (χ0) is 25.4. The maximum Gasteiger partial charge on any atom is 0.311 e. The van der Waals surface area contributed by atoms with Crippen molar-refractivity contribution >= 4 is 23.5 Å². The largest absolute Gasteiger partial charge is 0.497 e. The molecule has 0 saturated carbocycles. The van der Waals surface area contributed by atoms with E-state index in [4.69, 9.17) is 14.2 Å². The Balaban J connectivity index is 1.88. The molecule has 1 heterocycles. The molecule has 2 amide bonds. The maximum atomic E-state index is 13.2. The Bertz CT molecular complexity index is 1000. The van der Waals surface area contributed by atoms with Gasteiger partial charge in [0.1, 0.15) is 11.5 Å². The van der Waals surface area contributed by atoms with Crippen LogP contribution in [-0.2, 0) is 19.1 Å². The molecule has 2 unspecified atom stereocenters. The molecule has 2 aromatic rings. The molecule has 0 spiro atoms. The smallest absolute Gasteiger partial charge is 0.311 e. The quantitative estimate of drug-likeness (QED) is 0.514. The van der Waals surface area contributed by atoms with Crippen molar-refractivity contribution in [2.75, 3.05) is 25.7 Å². The van der Waals surface area contributed by atoms with Crippen molar-refractivity contribution in [2.45, 2.75) is 51.6 Å². The summed E-state index contributed by atoms with van der Waals surface area (Å²) in [4.78, 5) is 40.3. The molecule has 1 aliphatic heterocycles. The van der Waals surface area contributed by atoms with E-state index in [1.54, 1.807) is 55.5 Å². The van der Waals surface area contributed by atoms with Crippen LogP contribution in [0.5, 0.6) is 11.5 Å². The number of methoxy groups -OCH3 is 2. The minimum Gasteiger partial charge on any atom is -0.497 e. The number of ether oxygens (including phenoxy) is 3. The molecule has 188 valence electrons. The predicted octanol–water partition coefficient (Wildman–Crippen LogP) is 4.04. The van der Waals surface area contributed by atoms with Crippen molar-refractivity contribution in [2.24, 2.45) is 5.92 Å². The van der Waals surface area contributed by atoms with Gasteiger partial charge in [-0.25, -0.2) is 0 Å². The van der Waals surface area contributed by atoms with E-state index in [1.165, 1.54) is 0 Å². The minimum atomic E-state index is -0.635. The van der Waals surface area contributed by atoms with Gasteiger partial charge in [0.25, 0.3) is 5.91 Å². The van der Waals surface area contributed by atoms with Gasteiger partial charge in [0.2, 0.25) is 5.91 Å². The average Bonchev–Trinajstić information content (AvgIpc) is 2.90. The topological polar surface area (TPSA) is 94.2 Å². The van der Waals surface area contributed by atoms with Gasteiger partial charge in [-0.1, -0.05) is 26.0 Å². The molecule has 35 heavy (non-hydrogen) atoms. The number of piperidine rings is 1. The number of anilines is 1. The Hall–Kier alpha value is -3.55. The zero-order valence-electron chi connectivity index (χ0n) is 20.8. The van der Waals surface area contributed by atoms with E-state index < -0.39 is 17.9 Å². The lowest BCUT2D eigenvalue weighted by atomic mass is 9.83. The number of nitrogens with one attached hydrogen (secondary N) is 1. The van der Waals surface area contributed by atoms with Gasteiger partial charge in [-0.15, -0.1) is 0 Å². The molecule has 2 atom stereocenters. The van der Waals surface area contributed by atoms with Crippen LogP contribution in [0.25, 0.3) is 0 Å². The fraction of sp³-hybridized carbons (Fsp3) is 0.444. The molecule has 0 aliphatic carbocycles. The molecule has 1 N–H and O–H groups in total. The van der Waals surface area contributed by atoms with Crippen LogP contribution in [0.15, 0.2) is 48.5 Å². The van der Waals surface area contributed by atoms with E-state index in [-0.39, 0.29) is 30.9 Å². The SMILES string of the molecule is CCC(CC)NC(=O)COC(=O)C1CCC(=O)N(c2ccc(OC)cc2)C1c1ccc(OC)cc1. The first-order valence-electron chi connectivity index (χ1n) is 12.0. The maximum absolute atomic E-state index is 13.2. The highest BCUT2D eigenvalue weighted by Crippen LogP contribution is 2.41. The normalized spacial score (nSPS) is 17.7. The fourth-order valence-corrected chi connectivity index (χ4v) is 4.37. The second-order valence-corrected chi connectivity index (χ2v) is 8.51. The predicted molar refractivity (Wildman–Crippen MR) is 132 cm³/mol. The molecule has 8 nitrogen and oxygen atoms in total. The van der Waals surface area contributed by atoms with Gasteiger partial charge in [-0.2, -0.15) is 0 Å². The van der Waals surface area contributed by atoms with E-state index in [0.717, 1.165) is 18.4 Å². The van der Waals surface area contributed by atoms with Crippen molar-refractivity contribution in [3.63, 3.8) is 0 Å². The molecule has 1 saturated heterocycles. The average molecular weight is 483 g/mol. The van der Waals surface area contributed by atoms with E-state index in [9.17, 15) is 14.4 Å². The molecule has 2 aromatic carbocycles. The van der Waals surface area contributed by atoms with Gasteiger partial charge in [0.15, 0.2) is 6.61 Å². The van der Waals surface area contributed by atoms with E-state index in [2.05, 4.69) is 5.32 Å². The number of esters is 1. The Labute approximate surface area is 206 Å². The first-order valence-corrected chi connectivity index (χ1v) is 12.0. The van der Waals surface area contributed by atoms with E-state index >= 15 is 0 Å². The fourth-order valence-electron chi connectivity index (χ4n) is 4.37. The van der Waals surface area contributed by atoms with Gasteiger partial charge in [0, 0.05) is 18.2 Å². The van der Waals surface area contributed by atoms with E-state index in [0.29, 0.717) is 23.6 Å². The number of nitrogens with zero attached hydrogens (tertiary/aromatic N) is 1. The van der Waals surface area contributed by atoms with Crippen LogP contribution in [0.2, 0.25) is 0 Å². The van der Waals surface area contributed by atoms with Crippen LogP contribution >= 0.6 is 0 Å². The molecule has 1 aliphatic rings. The lowest BCUT2D eigenvalue weighted by Gasteiger charge is -2.40. The molecule has 0 bridgehead atoms. The summed E-state index contributed by atoms with van der Waals surface area (Å²) in [5.74, 6) is -0.221. The van der Waals surface area contributed by atoms with E-state index in [1.807, 2.05) is 26.0 Å². The van der Waals surface area contributed by atoms with Crippen molar-refractivity contribution in [1.82, 2.24) is 5.32 Å². The van der Waals surface area contributed by atoms with Crippen molar-refractivity contribution in [3.8, 4) is 11.5 Å². The van der Waals surface area contributed by atoms with Crippen LogP contribution in [-0.4, -0.2) is 44.7 Å². The van der Waals surface area contributed by atoms with Gasteiger partial charge in [-0.3, -0.25) is 14.4 Å². The van der Waals surface area contributed by atoms with Gasteiger partial charge < -0.3 is 24.4 Å². The van der Waals surface area contributed by atoms with Gasteiger partial charge in [0.05, 0.1) is 26.2 Å². The highest BCUT2D eigenvalue weighted by atomic mass is 16.5. The summed E-state index contributed by atoms with van der Waals surface area (Å²) in [6.07, 6.45) is 2.13. The summed E-state index contributed by atoms with van der Waals surface area (Å²) < 4.78 is 16.0. The second kappa shape index (κ2) is 12.2. The molecule has 8 heteroatoms. The number of hydrogen-bond donors (Lipinski definition) is 1. The molecular formula is C27H34N2O6. The summed E-state index contributed by atoms with van der Waals surface area (Å²) in [7, 11) is 3.16. The Kier molecular flexibility index (Phi) is 9.11. The van der Waals surface area contributed by atoms with Crippen molar-refractivity contribution in [1.29, 1.82) is 0 Å². The summed E-state index contributed by atoms with van der Waals surface area (Å²) in [5, 5.41) is 2.88. The first-order chi connectivity index (χ1) is 16.9. The number of rotatable bonds is 10. The number of amides is 2. The van der Waals surface area contributed by atoms with Crippen LogP contribution in [0.4, 0.5) is 5.69 Å². The third-order valence-corrected chi connectivity index (χ3v) is 6.40. The second-order valence-electron chi connectivity index (χ2n) is 8.51. The summed E-state index contributed by atoms with van der Waals surface area (Å²) >= 11 is 0. The molecule has 1 fully saturated rings. The number of carbonyl (C=O) groups is 3. The highest BCUT2D eigenvalue weighted by molar-refractivity contribution is 5.97. The standard InChI is InChI=1S/C27H34N2O6/c1-5-19(6-2)28-24(30)17-35-27(32)23-15-16-25(31)29(20-9-13-22(34-4)14-10-20)26(23)18-7-11-21(33-3)12-8-18/h7-14,19,23,26H,5-6,15-17H2,1-4H3,(H,28,30). The summed E-state index contributed by atoms with van der Waals surface area (Å²) in [6.45, 7) is 3.64. The third kappa shape index (κ3) is 6.32. The Morgan fingerprint density at radius 3 is 2.09 bits per heavy atom. The van der Waals surface area contributed by atoms with Crippen LogP contribution in [0.1, 0.15) is 51.1 Å². The third-order valence-electron chi connectivity index (χ3n) is 6.40. The van der Waals surface area contributed by atoms with Crippen LogP contribution in [0, 0.1) is 5.92 Å². The highest BCUT2D eigenvalue weighted by Gasteiger charge is 2.42. The number of carbonyl (C=O) groups excluding carboxylic acids is 3.